The fourth-order valence-electron chi connectivity index (χ4n) is 5.59. The van der Waals surface area contributed by atoms with E-state index in [4.69, 9.17) is 31.5 Å². The smallest absolute Gasteiger partial charge is 0.246 e. The van der Waals surface area contributed by atoms with Crippen molar-refractivity contribution in [2.75, 3.05) is 26.1 Å². The van der Waals surface area contributed by atoms with Crippen molar-refractivity contribution in [2.24, 2.45) is 11.1 Å². The summed E-state index contributed by atoms with van der Waals surface area (Å²) in [4.78, 5) is 32.8. The number of methoxy groups -OCH3 is 2. The van der Waals surface area contributed by atoms with Crippen LogP contribution in [-0.2, 0) is 9.59 Å². The van der Waals surface area contributed by atoms with Gasteiger partial charge in [0.05, 0.1) is 27.0 Å². The highest BCUT2D eigenvalue weighted by Gasteiger charge is 2.45. The number of ether oxygens (including phenoxy) is 3. The predicted octanol–water partition coefficient (Wildman–Crippen LogP) is 5.93. The van der Waals surface area contributed by atoms with Gasteiger partial charge in [-0.25, -0.2) is 4.98 Å². The minimum absolute atomic E-state index is 0.159. The number of rotatable bonds is 9. The molecule has 2 amide bonds. The Morgan fingerprint density at radius 3 is 2.39 bits per heavy atom. The Hall–Kier alpha value is -4.50. The summed E-state index contributed by atoms with van der Waals surface area (Å²) in [6.45, 7) is 6.07. The summed E-state index contributed by atoms with van der Waals surface area (Å²) in [5, 5.41) is 5.38. The second kappa shape index (κ2) is 12.6. The molecule has 1 aromatic heterocycles. The van der Waals surface area contributed by atoms with Gasteiger partial charge in [-0.05, 0) is 41.3 Å². The van der Waals surface area contributed by atoms with Crippen molar-refractivity contribution in [1.29, 1.82) is 0 Å². The lowest BCUT2D eigenvalue weighted by atomic mass is 9.85. The molecule has 230 valence electrons. The molecule has 0 radical (unpaired) electrons. The summed E-state index contributed by atoms with van der Waals surface area (Å²) < 4.78 is 17.5. The number of hydrogen-bond acceptors (Lipinski definition) is 7. The van der Waals surface area contributed by atoms with E-state index in [-0.39, 0.29) is 18.9 Å². The van der Waals surface area contributed by atoms with E-state index < -0.39 is 29.5 Å². The zero-order chi connectivity index (χ0) is 31.6. The number of pyridine rings is 1. The van der Waals surface area contributed by atoms with Crippen molar-refractivity contribution in [3.63, 3.8) is 0 Å². The van der Waals surface area contributed by atoms with Crippen molar-refractivity contribution < 1.29 is 23.8 Å². The van der Waals surface area contributed by atoms with Gasteiger partial charge in [0.2, 0.25) is 17.7 Å². The maximum atomic E-state index is 14.2. The quantitative estimate of drug-likeness (QED) is 0.239. The molecule has 5 rings (SSSR count). The number of primary amides is 1. The number of anilines is 1. The summed E-state index contributed by atoms with van der Waals surface area (Å²) in [7, 11) is 3.19. The zero-order valence-electron chi connectivity index (χ0n) is 25.5. The first kappa shape index (κ1) is 30.9. The third-order valence-corrected chi connectivity index (χ3v) is 8.09. The summed E-state index contributed by atoms with van der Waals surface area (Å²) in [6, 6.07) is 19.5. The molecule has 1 aliphatic rings. The first-order chi connectivity index (χ1) is 21.0. The fourth-order valence-corrected chi connectivity index (χ4v) is 5.77. The molecule has 3 atom stereocenters. The highest BCUT2D eigenvalue weighted by Crippen LogP contribution is 2.37. The number of likely N-dealkylation sites (tertiary alicyclic amines) is 1. The van der Waals surface area contributed by atoms with Crippen LogP contribution in [-0.4, -0.2) is 60.7 Å². The molecule has 9 nitrogen and oxygen atoms in total. The van der Waals surface area contributed by atoms with E-state index >= 15 is 0 Å². The molecular formula is C34H37ClN4O5. The lowest BCUT2D eigenvalue weighted by molar-refractivity contribution is -0.139. The van der Waals surface area contributed by atoms with Crippen LogP contribution in [0.25, 0.3) is 21.9 Å². The van der Waals surface area contributed by atoms with Crippen LogP contribution < -0.4 is 25.3 Å². The van der Waals surface area contributed by atoms with Crippen molar-refractivity contribution in [1.82, 2.24) is 9.88 Å². The van der Waals surface area contributed by atoms with E-state index in [1.807, 2.05) is 75.4 Å². The largest absolute Gasteiger partial charge is 0.496 e. The highest BCUT2D eigenvalue weighted by atomic mass is 35.5. The van der Waals surface area contributed by atoms with E-state index in [2.05, 4.69) is 10.3 Å². The summed E-state index contributed by atoms with van der Waals surface area (Å²) in [6.07, 6.45) is 1.28. The van der Waals surface area contributed by atoms with E-state index in [0.29, 0.717) is 33.5 Å². The SMILES string of the molecule is COc1cc(NC(C(=O)N2C[C@H](Oc3ncc(OC)c4ccc(Cl)cc34)C[C@H]2C(N)=O)C(C)(C)C)ccc1-c1ccccc1. The second-order valence-electron chi connectivity index (χ2n) is 11.9. The Balaban J connectivity index is 1.40. The Bertz CT molecular complexity index is 1670. The van der Waals surface area contributed by atoms with E-state index in [1.165, 1.54) is 4.90 Å². The molecule has 0 saturated carbocycles. The molecule has 44 heavy (non-hydrogen) atoms. The third-order valence-electron chi connectivity index (χ3n) is 7.86. The van der Waals surface area contributed by atoms with E-state index in [1.54, 1.807) is 32.5 Å². The number of halogens is 1. The molecule has 2 heterocycles. The summed E-state index contributed by atoms with van der Waals surface area (Å²) in [5.74, 6) is 0.734. The van der Waals surface area contributed by atoms with Gasteiger partial charge in [0.15, 0.2) is 0 Å². The maximum Gasteiger partial charge on any atom is 0.246 e. The Kier molecular flexibility index (Phi) is 8.87. The summed E-state index contributed by atoms with van der Waals surface area (Å²) >= 11 is 6.28. The summed E-state index contributed by atoms with van der Waals surface area (Å²) in [5.41, 5.74) is 7.98. The third kappa shape index (κ3) is 6.38. The van der Waals surface area contributed by atoms with Crippen LogP contribution in [0.4, 0.5) is 5.69 Å². The van der Waals surface area contributed by atoms with Crippen LogP contribution in [0, 0.1) is 5.41 Å². The van der Waals surface area contributed by atoms with Gasteiger partial charge in [0.25, 0.3) is 0 Å². The van der Waals surface area contributed by atoms with Crippen LogP contribution >= 0.6 is 11.6 Å². The number of hydrogen-bond donors (Lipinski definition) is 2. The van der Waals surface area contributed by atoms with Crippen molar-refractivity contribution in [3.8, 4) is 28.5 Å². The second-order valence-corrected chi connectivity index (χ2v) is 12.4. The van der Waals surface area contributed by atoms with Gasteiger partial charge in [-0.2, -0.15) is 0 Å². The van der Waals surface area contributed by atoms with Gasteiger partial charge in [-0.15, -0.1) is 0 Å². The number of amides is 2. The van der Waals surface area contributed by atoms with E-state index in [9.17, 15) is 9.59 Å². The monoisotopic (exact) mass is 616 g/mol. The number of aromatic nitrogens is 1. The van der Waals surface area contributed by atoms with Gasteiger partial charge >= 0.3 is 0 Å². The standard InChI is InChI=1S/C34H37ClN4O5/c1-34(2,3)30(38-22-12-14-24(28(16-22)42-4)20-9-7-6-8-10-20)33(41)39-19-23(17-27(39)31(36)40)44-32-26-15-21(35)11-13-25(26)29(43-5)18-37-32/h6-16,18,23,27,30,38H,17,19H2,1-5H3,(H2,36,40)/t23-,27+,30?/m1/s1. The van der Waals surface area contributed by atoms with Crippen LogP contribution in [0.5, 0.6) is 17.4 Å². The number of nitrogens with two attached hydrogens (primary N) is 1. The number of fused-ring (bicyclic) bond motifs is 1. The topological polar surface area (TPSA) is 116 Å². The lowest BCUT2D eigenvalue weighted by Gasteiger charge is -2.35. The number of benzene rings is 3. The molecule has 0 spiro atoms. The average Bonchev–Trinajstić information content (AvgIpc) is 3.44. The van der Waals surface area contributed by atoms with Gasteiger partial charge in [-0.3, -0.25) is 9.59 Å². The van der Waals surface area contributed by atoms with Gasteiger partial charge in [0.1, 0.15) is 29.7 Å². The van der Waals surface area contributed by atoms with Crippen LogP contribution in [0.1, 0.15) is 27.2 Å². The molecular weight excluding hydrogens is 580 g/mol. The zero-order valence-corrected chi connectivity index (χ0v) is 26.2. The minimum atomic E-state index is -0.845. The van der Waals surface area contributed by atoms with Crippen molar-refractivity contribution in [2.45, 2.75) is 45.4 Å². The van der Waals surface area contributed by atoms with Gasteiger partial charge in [-0.1, -0.05) is 62.7 Å². The normalized spacial score (nSPS) is 17.3. The molecule has 1 fully saturated rings. The Labute approximate surface area is 262 Å². The van der Waals surface area contributed by atoms with Crippen LogP contribution in [0.3, 0.4) is 0 Å². The van der Waals surface area contributed by atoms with Crippen molar-refractivity contribution in [3.05, 3.63) is 77.9 Å². The molecule has 4 aromatic rings. The molecule has 3 aromatic carbocycles. The molecule has 0 bridgehead atoms. The van der Waals surface area contributed by atoms with E-state index in [0.717, 1.165) is 16.5 Å². The molecule has 1 aliphatic heterocycles. The molecule has 1 saturated heterocycles. The first-order valence-electron chi connectivity index (χ1n) is 14.4. The number of carbonyl (C=O) groups is 2. The minimum Gasteiger partial charge on any atom is -0.496 e. The average molecular weight is 617 g/mol. The van der Waals surface area contributed by atoms with Gasteiger partial charge in [0, 0.05) is 39.5 Å². The first-order valence-corrected chi connectivity index (χ1v) is 14.8. The number of carbonyl (C=O) groups excluding carboxylic acids is 2. The predicted molar refractivity (Wildman–Crippen MR) is 172 cm³/mol. The maximum absolute atomic E-state index is 14.2. The number of nitrogens with zero attached hydrogens (tertiary/aromatic N) is 2. The Morgan fingerprint density at radius 2 is 1.73 bits per heavy atom. The highest BCUT2D eigenvalue weighted by molar-refractivity contribution is 6.31. The number of nitrogens with one attached hydrogen (secondary N) is 1. The van der Waals surface area contributed by atoms with Gasteiger partial charge < -0.3 is 30.2 Å². The van der Waals surface area contributed by atoms with Crippen molar-refractivity contribution >= 4 is 39.9 Å². The fraction of sp³-hybridized carbons (Fsp3) is 0.324. The molecule has 0 aliphatic carbocycles. The lowest BCUT2D eigenvalue weighted by Crippen LogP contribution is -2.53. The molecule has 1 unspecified atom stereocenters. The van der Waals surface area contributed by atoms with Crippen LogP contribution in [0.2, 0.25) is 5.02 Å². The molecule has 3 N–H and O–H groups in total. The van der Waals surface area contributed by atoms with Crippen LogP contribution in [0.15, 0.2) is 72.9 Å². The Morgan fingerprint density at radius 1 is 1.00 bits per heavy atom. The molecule has 10 heteroatoms.